The first-order valence-corrected chi connectivity index (χ1v) is 8.15. The van der Waals surface area contributed by atoms with Gasteiger partial charge in [0.15, 0.2) is 5.78 Å². The van der Waals surface area contributed by atoms with Crippen molar-refractivity contribution < 1.29 is 18.7 Å². The number of carbonyl (C=O) groups excluding carboxylic acids is 2. The summed E-state index contributed by atoms with van der Waals surface area (Å²) in [5.74, 6) is 1.18. The molecule has 1 aromatic heterocycles. The summed E-state index contributed by atoms with van der Waals surface area (Å²) in [7, 11) is 5.40. The summed E-state index contributed by atoms with van der Waals surface area (Å²) in [4.78, 5) is 26.2. The van der Waals surface area contributed by atoms with Gasteiger partial charge in [0.1, 0.15) is 11.5 Å². The molecule has 1 unspecified atom stereocenters. The minimum absolute atomic E-state index is 0.0481. The lowest BCUT2D eigenvalue weighted by molar-refractivity contribution is -0.121. The Hall–Kier alpha value is -2.60. The number of carbonyl (C=O) groups is 2. The lowest BCUT2D eigenvalue weighted by atomic mass is 10.1. The topological polar surface area (TPSA) is 71.8 Å². The van der Waals surface area contributed by atoms with Crippen molar-refractivity contribution in [2.75, 3.05) is 27.7 Å². The fraction of sp³-hybridized carbons (Fsp3) is 0.368. The van der Waals surface area contributed by atoms with E-state index in [-0.39, 0.29) is 30.6 Å². The van der Waals surface area contributed by atoms with E-state index in [2.05, 4.69) is 5.32 Å². The van der Waals surface area contributed by atoms with Crippen LogP contribution in [-0.2, 0) is 4.79 Å². The first-order chi connectivity index (χ1) is 12.0. The van der Waals surface area contributed by atoms with Crippen molar-refractivity contribution in [3.63, 3.8) is 0 Å². The van der Waals surface area contributed by atoms with E-state index < -0.39 is 0 Å². The summed E-state index contributed by atoms with van der Waals surface area (Å²) in [5, 5.41) is 2.86. The molecule has 0 bridgehead atoms. The summed E-state index contributed by atoms with van der Waals surface area (Å²) in [6, 6.07) is 10.6. The zero-order chi connectivity index (χ0) is 18.2. The van der Waals surface area contributed by atoms with Gasteiger partial charge in [-0.2, -0.15) is 0 Å². The smallest absolute Gasteiger partial charge is 0.220 e. The third-order valence-corrected chi connectivity index (χ3v) is 3.96. The summed E-state index contributed by atoms with van der Waals surface area (Å²) in [5.41, 5.74) is 0.550. The first-order valence-electron chi connectivity index (χ1n) is 8.15. The van der Waals surface area contributed by atoms with Gasteiger partial charge in [-0.1, -0.05) is 12.1 Å². The SMILES string of the molecule is COc1cccc(C(=O)CCC(=O)NCC(c2ccco2)N(C)C)c1. The fourth-order valence-corrected chi connectivity index (χ4v) is 2.49. The van der Waals surface area contributed by atoms with Crippen LogP contribution in [0.5, 0.6) is 5.75 Å². The average molecular weight is 344 g/mol. The molecule has 0 saturated heterocycles. The summed E-state index contributed by atoms with van der Waals surface area (Å²) >= 11 is 0. The number of ether oxygens (including phenoxy) is 1. The molecule has 134 valence electrons. The number of rotatable bonds is 9. The molecule has 0 aliphatic carbocycles. The molecule has 1 aromatic carbocycles. The maximum absolute atomic E-state index is 12.2. The predicted octanol–water partition coefficient (Wildman–Crippen LogP) is 2.67. The molecular weight excluding hydrogens is 320 g/mol. The van der Waals surface area contributed by atoms with Crippen molar-refractivity contribution in [3.05, 3.63) is 54.0 Å². The zero-order valence-electron chi connectivity index (χ0n) is 14.8. The molecule has 1 N–H and O–H groups in total. The molecule has 2 rings (SSSR count). The van der Waals surface area contributed by atoms with E-state index in [1.54, 1.807) is 37.6 Å². The van der Waals surface area contributed by atoms with E-state index >= 15 is 0 Å². The number of hydrogen-bond donors (Lipinski definition) is 1. The van der Waals surface area contributed by atoms with Crippen LogP contribution >= 0.6 is 0 Å². The van der Waals surface area contributed by atoms with E-state index in [0.29, 0.717) is 17.9 Å². The molecule has 1 atom stereocenters. The quantitative estimate of drug-likeness (QED) is 0.708. The van der Waals surface area contributed by atoms with Crippen molar-refractivity contribution >= 4 is 11.7 Å². The van der Waals surface area contributed by atoms with Crippen molar-refractivity contribution in [3.8, 4) is 5.75 Å². The number of Topliss-reactive ketones (excluding diaryl/α,β-unsaturated/α-hetero) is 1. The Labute approximate surface area is 147 Å². The average Bonchev–Trinajstić information content (AvgIpc) is 3.13. The van der Waals surface area contributed by atoms with Crippen LogP contribution in [0.3, 0.4) is 0 Å². The van der Waals surface area contributed by atoms with Crippen LogP contribution in [0.25, 0.3) is 0 Å². The summed E-state index contributed by atoms with van der Waals surface area (Å²) in [6.45, 7) is 0.423. The highest BCUT2D eigenvalue weighted by Gasteiger charge is 2.18. The van der Waals surface area contributed by atoms with Gasteiger partial charge in [0.25, 0.3) is 0 Å². The highest BCUT2D eigenvalue weighted by Crippen LogP contribution is 2.18. The van der Waals surface area contributed by atoms with E-state index in [1.807, 2.05) is 31.1 Å². The number of benzene rings is 1. The number of nitrogens with one attached hydrogen (secondary N) is 1. The van der Waals surface area contributed by atoms with Crippen molar-refractivity contribution in [2.45, 2.75) is 18.9 Å². The van der Waals surface area contributed by atoms with Crippen LogP contribution < -0.4 is 10.1 Å². The minimum atomic E-state index is -0.158. The second kappa shape index (κ2) is 9.03. The first kappa shape index (κ1) is 18.7. The Morgan fingerprint density at radius 3 is 2.64 bits per heavy atom. The predicted molar refractivity (Wildman–Crippen MR) is 94.7 cm³/mol. The molecule has 0 spiro atoms. The standard InChI is InChI=1S/C19H24N2O4/c1-21(2)16(18-8-5-11-25-18)13-20-19(23)10-9-17(22)14-6-4-7-15(12-14)24-3/h4-8,11-12,16H,9-10,13H2,1-3H3,(H,20,23). The van der Waals surface area contributed by atoms with Gasteiger partial charge in [-0.05, 0) is 38.4 Å². The Kier molecular flexibility index (Phi) is 6.77. The van der Waals surface area contributed by atoms with E-state index in [0.717, 1.165) is 5.76 Å². The van der Waals surface area contributed by atoms with Gasteiger partial charge >= 0.3 is 0 Å². The maximum Gasteiger partial charge on any atom is 0.220 e. The Morgan fingerprint density at radius 1 is 1.20 bits per heavy atom. The van der Waals surface area contributed by atoms with Gasteiger partial charge in [0, 0.05) is 24.9 Å². The zero-order valence-corrected chi connectivity index (χ0v) is 14.8. The van der Waals surface area contributed by atoms with Gasteiger partial charge in [0.2, 0.25) is 5.91 Å². The van der Waals surface area contributed by atoms with Crippen LogP contribution in [0, 0.1) is 0 Å². The number of furan rings is 1. The van der Waals surface area contributed by atoms with Crippen molar-refractivity contribution in [2.24, 2.45) is 0 Å². The molecule has 6 nitrogen and oxygen atoms in total. The number of methoxy groups -OCH3 is 1. The van der Waals surface area contributed by atoms with Crippen LogP contribution in [-0.4, -0.2) is 44.3 Å². The highest BCUT2D eigenvalue weighted by molar-refractivity contribution is 5.98. The Balaban J connectivity index is 1.82. The molecule has 2 aromatic rings. The molecule has 0 aliphatic rings. The largest absolute Gasteiger partial charge is 0.497 e. The second-order valence-electron chi connectivity index (χ2n) is 5.95. The van der Waals surface area contributed by atoms with E-state index in [4.69, 9.17) is 9.15 Å². The molecule has 1 heterocycles. The monoisotopic (exact) mass is 344 g/mol. The Bertz CT molecular complexity index is 695. The van der Waals surface area contributed by atoms with E-state index in [1.165, 1.54) is 0 Å². The number of hydrogen-bond acceptors (Lipinski definition) is 5. The number of likely N-dealkylation sites (N-methyl/N-ethyl adjacent to an activating group) is 1. The minimum Gasteiger partial charge on any atom is -0.497 e. The van der Waals surface area contributed by atoms with Gasteiger partial charge in [0.05, 0.1) is 19.4 Å². The third-order valence-electron chi connectivity index (χ3n) is 3.96. The van der Waals surface area contributed by atoms with Gasteiger partial charge < -0.3 is 14.5 Å². The van der Waals surface area contributed by atoms with Crippen LogP contribution in [0.1, 0.15) is 35.0 Å². The molecule has 0 saturated carbocycles. The van der Waals surface area contributed by atoms with Crippen LogP contribution in [0.4, 0.5) is 0 Å². The van der Waals surface area contributed by atoms with Crippen molar-refractivity contribution in [1.82, 2.24) is 10.2 Å². The molecule has 1 amide bonds. The van der Waals surface area contributed by atoms with Crippen molar-refractivity contribution in [1.29, 1.82) is 0 Å². The summed E-state index contributed by atoms with van der Waals surface area (Å²) < 4.78 is 10.5. The molecule has 25 heavy (non-hydrogen) atoms. The highest BCUT2D eigenvalue weighted by atomic mass is 16.5. The molecule has 0 aliphatic heterocycles. The lowest BCUT2D eigenvalue weighted by Gasteiger charge is -2.22. The molecule has 0 radical (unpaired) electrons. The normalized spacial score (nSPS) is 12.0. The second-order valence-corrected chi connectivity index (χ2v) is 5.95. The Morgan fingerprint density at radius 2 is 2.00 bits per heavy atom. The van der Waals surface area contributed by atoms with Gasteiger partial charge in [-0.25, -0.2) is 0 Å². The lowest BCUT2D eigenvalue weighted by Crippen LogP contribution is -2.34. The third kappa shape index (κ3) is 5.46. The fourth-order valence-electron chi connectivity index (χ4n) is 2.49. The molecular formula is C19H24N2O4. The molecule has 6 heteroatoms. The maximum atomic E-state index is 12.2. The van der Waals surface area contributed by atoms with Gasteiger partial charge in [-0.3, -0.25) is 14.5 Å². The number of amides is 1. The summed E-state index contributed by atoms with van der Waals surface area (Å²) in [6.07, 6.45) is 1.92. The number of ketones is 1. The van der Waals surface area contributed by atoms with Gasteiger partial charge in [-0.15, -0.1) is 0 Å². The van der Waals surface area contributed by atoms with E-state index in [9.17, 15) is 9.59 Å². The molecule has 0 fully saturated rings. The van der Waals surface area contributed by atoms with Crippen LogP contribution in [0.2, 0.25) is 0 Å². The number of nitrogens with zero attached hydrogens (tertiary/aromatic N) is 1. The van der Waals surface area contributed by atoms with Crippen LogP contribution in [0.15, 0.2) is 47.1 Å².